The smallest absolute Gasteiger partial charge is 0.255 e. The first kappa shape index (κ1) is 18.4. The van der Waals surface area contributed by atoms with Gasteiger partial charge in [0.05, 0.1) is 11.1 Å². The molecule has 1 aromatic heterocycles. The molecular formula is C22H30N4O. The second-order valence-corrected chi connectivity index (χ2v) is 8.00. The van der Waals surface area contributed by atoms with Gasteiger partial charge in [0.25, 0.3) is 5.91 Å². The van der Waals surface area contributed by atoms with Crippen LogP contribution in [-0.2, 0) is 0 Å². The van der Waals surface area contributed by atoms with Crippen LogP contribution in [0.4, 0.5) is 0 Å². The molecule has 1 amide bonds. The molecule has 0 N–H and O–H groups in total. The van der Waals surface area contributed by atoms with Gasteiger partial charge in [-0.15, -0.1) is 0 Å². The molecule has 2 fully saturated rings. The van der Waals surface area contributed by atoms with Crippen molar-refractivity contribution in [2.24, 2.45) is 0 Å². The van der Waals surface area contributed by atoms with E-state index in [0.717, 1.165) is 75.0 Å². The number of pyridine rings is 1. The summed E-state index contributed by atoms with van der Waals surface area (Å²) in [6, 6.07) is 10.4. The Morgan fingerprint density at radius 1 is 1.11 bits per heavy atom. The molecule has 1 aromatic carbocycles. The number of nitrogens with zero attached hydrogens (tertiary/aromatic N) is 4. The summed E-state index contributed by atoms with van der Waals surface area (Å²) in [5.74, 6) is 0.149. The maximum absolute atomic E-state index is 13.2. The Labute approximate surface area is 162 Å². The summed E-state index contributed by atoms with van der Waals surface area (Å²) in [4.78, 5) is 24.8. The van der Waals surface area contributed by atoms with Crippen LogP contribution in [0.1, 0.15) is 36.0 Å². The number of hydrogen-bond acceptors (Lipinski definition) is 4. The minimum atomic E-state index is 0.149. The molecule has 0 radical (unpaired) electrons. The monoisotopic (exact) mass is 366 g/mol. The third-order valence-electron chi connectivity index (χ3n) is 6.10. The van der Waals surface area contributed by atoms with Crippen LogP contribution in [0.2, 0.25) is 0 Å². The lowest BCUT2D eigenvalue weighted by atomic mass is 9.97. The van der Waals surface area contributed by atoms with Gasteiger partial charge < -0.3 is 14.7 Å². The molecule has 0 bridgehead atoms. The molecule has 2 aromatic rings. The standard InChI is InChI=1S/C22H30N4O/c1-24-12-14-25(15-13-24)11-9-20-7-4-5-10-26(20)22(27)19-16-18-6-2-3-8-21(18)23-17-19/h2-3,6,8,16-17,20H,4-5,7,9-15H2,1H3/t20-/m0/s1. The highest BCUT2D eigenvalue weighted by Crippen LogP contribution is 2.23. The highest BCUT2D eigenvalue weighted by atomic mass is 16.2. The van der Waals surface area contributed by atoms with Crippen molar-refractivity contribution in [3.05, 3.63) is 42.1 Å². The van der Waals surface area contributed by atoms with Crippen molar-refractivity contribution in [2.45, 2.75) is 31.7 Å². The van der Waals surface area contributed by atoms with Crippen molar-refractivity contribution in [2.75, 3.05) is 46.3 Å². The number of rotatable bonds is 4. The van der Waals surface area contributed by atoms with Crippen LogP contribution in [0, 0.1) is 0 Å². The molecular weight excluding hydrogens is 336 g/mol. The van der Waals surface area contributed by atoms with E-state index in [1.807, 2.05) is 30.3 Å². The summed E-state index contributed by atoms with van der Waals surface area (Å²) in [6.07, 6.45) is 6.29. The number of aromatic nitrogens is 1. The van der Waals surface area contributed by atoms with E-state index in [-0.39, 0.29) is 5.91 Å². The number of para-hydroxylation sites is 1. The number of hydrogen-bond donors (Lipinski definition) is 0. The Morgan fingerprint density at radius 2 is 1.93 bits per heavy atom. The van der Waals surface area contributed by atoms with E-state index in [9.17, 15) is 4.79 Å². The zero-order chi connectivity index (χ0) is 18.6. The number of amides is 1. The van der Waals surface area contributed by atoms with Crippen LogP contribution in [-0.4, -0.2) is 77.9 Å². The molecule has 144 valence electrons. The Kier molecular flexibility index (Phi) is 5.69. The summed E-state index contributed by atoms with van der Waals surface area (Å²) in [6.45, 7) is 6.56. The van der Waals surface area contributed by atoms with Gasteiger partial charge in [0.1, 0.15) is 0 Å². The van der Waals surface area contributed by atoms with Crippen LogP contribution >= 0.6 is 0 Å². The Balaban J connectivity index is 1.43. The first-order chi connectivity index (χ1) is 13.2. The summed E-state index contributed by atoms with van der Waals surface area (Å²) < 4.78 is 0. The molecule has 0 spiro atoms. The average Bonchev–Trinajstić information content (AvgIpc) is 2.73. The molecule has 5 nitrogen and oxygen atoms in total. The largest absolute Gasteiger partial charge is 0.336 e. The first-order valence-electron chi connectivity index (χ1n) is 10.3. The van der Waals surface area contributed by atoms with Gasteiger partial charge >= 0.3 is 0 Å². The van der Waals surface area contributed by atoms with Gasteiger partial charge in [-0.25, -0.2) is 0 Å². The van der Waals surface area contributed by atoms with Gasteiger partial charge in [0.15, 0.2) is 0 Å². The topological polar surface area (TPSA) is 39.7 Å². The molecule has 3 heterocycles. The highest BCUT2D eigenvalue weighted by Gasteiger charge is 2.28. The minimum absolute atomic E-state index is 0.149. The third-order valence-corrected chi connectivity index (χ3v) is 6.10. The van der Waals surface area contributed by atoms with Crippen molar-refractivity contribution in [1.29, 1.82) is 0 Å². The number of benzene rings is 1. The van der Waals surface area contributed by atoms with E-state index in [2.05, 4.69) is 26.7 Å². The van der Waals surface area contributed by atoms with Gasteiger partial charge in [0, 0.05) is 56.9 Å². The fourth-order valence-corrected chi connectivity index (χ4v) is 4.32. The van der Waals surface area contributed by atoms with Crippen molar-refractivity contribution in [1.82, 2.24) is 19.7 Å². The predicted molar refractivity (Wildman–Crippen MR) is 109 cm³/mol. The van der Waals surface area contributed by atoms with Crippen LogP contribution in [0.15, 0.2) is 36.5 Å². The van der Waals surface area contributed by atoms with Gasteiger partial charge in [-0.3, -0.25) is 9.78 Å². The van der Waals surface area contributed by atoms with E-state index >= 15 is 0 Å². The minimum Gasteiger partial charge on any atom is -0.336 e. The molecule has 0 saturated carbocycles. The summed E-state index contributed by atoms with van der Waals surface area (Å²) in [5.41, 5.74) is 1.67. The lowest BCUT2D eigenvalue weighted by Gasteiger charge is -2.38. The Hall–Kier alpha value is -1.98. The molecule has 2 saturated heterocycles. The molecule has 5 heteroatoms. The molecule has 27 heavy (non-hydrogen) atoms. The van der Waals surface area contributed by atoms with E-state index in [1.165, 1.54) is 6.42 Å². The van der Waals surface area contributed by atoms with E-state index in [1.54, 1.807) is 6.20 Å². The third kappa shape index (κ3) is 4.30. The second-order valence-electron chi connectivity index (χ2n) is 8.00. The van der Waals surface area contributed by atoms with Gasteiger partial charge in [-0.05, 0) is 44.9 Å². The number of piperidine rings is 1. The summed E-state index contributed by atoms with van der Waals surface area (Å²) >= 11 is 0. The summed E-state index contributed by atoms with van der Waals surface area (Å²) in [7, 11) is 2.19. The molecule has 2 aliphatic heterocycles. The maximum atomic E-state index is 13.2. The van der Waals surface area contributed by atoms with Gasteiger partial charge in [-0.2, -0.15) is 0 Å². The number of carbonyl (C=O) groups excluding carboxylic acids is 1. The van der Waals surface area contributed by atoms with Crippen molar-refractivity contribution in [3.63, 3.8) is 0 Å². The summed E-state index contributed by atoms with van der Waals surface area (Å²) in [5, 5.41) is 1.04. The average molecular weight is 367 g/mol. The van der Waals surface area contributed by atoms with Crippen LogP contribution in [0.5, 0.6) is 0 Å². The van der Waals surface area contributed by atoms with Crippen LogP contribution in [0.25, 0.3) is 10.9 Å². The fourth-order valence-electron chi connectivity index (χ4n) is 4.32. The zero-order valence-corrected chi connectivity index (χ0v) is 16.3. The normalized spacial score (nSPS) is 22.3. The van der Waals surface area contributed by atoms with Crippen molar-refractivity contribution in [3.8, 4) is 0 Å². The number of likely N-dealkylation sites (N-methyl/N-ethyl adjacent to an activating group) is 1. The lowest BCUT2D eigenvalue weighted by Crippen LogP contribution is -2.48. The number of carbonyl (C=O) groups is 1. The second kappa shape index (κ2) is 8.36. The van der Waals surface area contributed by atoms with Crippen LogP contribution < -0.4 is 0 Å². The van der Waals surface area contributed by atoms with Crippen LogP contribution in [0.3, 0.4) is 0 Å². The molecule has 0 unspecified atom stereocenters. The molecule has 4 rings (SSSR count). The number of fused-ring (bicyclic) bond motifs is 1. The molecule has 2 aliphatic rings. The van der Waals surface area contributed by atoms with E-state index in [0.29, 0.717) is 6.04 Å². The molecule has 0 aliphatic carbocycles. The SMILES string of the molecule is CN1CCN(CC[C@@H]2CCCCN2C(=O)c2cnc3ccccc3c2)CC1. The van der Waals surface area contributed by atoms with Crippen molar-refractivity contribution < 1.29 is 4.79 Å². The van der Waals surface area contributed by atoms with Gasteiger partial charge in [-0.1, -0.05) is 18.2 Å². The Morgan fingerprint density at radius 3 is 2.78 bits per heavy atom. The Bertz CT molecular complexity index is 785. The maximum Gasteiger partial charge on any atom is 0.255 e. The molecule has 1 atom stereocenters. The fraction of sp³-hybridized carbons (Fsp3) is 0.545. The lowest BCUT2D eigenvalue weighted by molar-refractivity contribution is 0.0569. The van der Waals surface area contributed by atoms with Crippen molar-refractivity contribution >= 4 is 16.8 Å². The van der Waals surface area contributed by atoms with E-state index < -0.39 is 0 Å². The highest BCUT2D eigenvalue weighted by molar-refractivity contribution is 5.97. The number of likely N-dealkylation sites (tertiary alicyclic amines) is 1. The van der Waals surface area contributed by atoms with Gasteiger partial charge in [0.2, 0.25) is 0 Å². The first-order valence-corrected chi connectivity index (χ1v) is 10.3. The predicted octanol–water partition coefficient (Wildman–Crippen LogP) is 2.87. The zero-order valence-electron chi connectivity index (χ0n) is 16.3. The number of piperazine rings is 1. The van der Waals surface area contributed by atoms with E-state index in [4.69, 9.17) is 0 Å². The quantitative estimate of drug-likeness (QED) is 0.834.